The summed E-state index contributed by atoms with van der Waals surface area (Å²) in [5.41, 5.74) is -0.552. The highest BCUT2D eigenvalue weighted by molar-refractivity contribution is 5.91. The normalized spacial score (nSPS) is 16.0. The monoisotopic (exact) mass is 330 g/mol. The first-order chi connectivity index (χ1) is 11.3. The molecule has 0 saturated heterocycles. The summed E-state index contributed by atoms with van der Waals surface area (Å²) in [7, 11) is 0. The minimum atomic E-state index is -0.890. The van der Waals surface area contributed by atoms with Crippen LogP contribution in [-0.2, 0) is 9.53 Å². The molecule has 1 aliphatic rings. The second-order valence-electron chi connectivity index (χ2n) is 6.40. The van der Waals surface area contributed by atoms with Crippen molar-refractivity contribution in [2.24, 2.45) is 5.92 Å². The minimum absolute atomic E-state index is 0.0485. The molecule has 0 unspecified atom stereocenters. The molecular weight excluding hydrogens is 308 g/mol. The number of nitrogens with one attached hydrogen (secondary N) is 1. The number of hydrogen-bond donors (Lipinski definition) is 1. The molecule has 0 aliphatic heterocycles. The average molecular weight is 330 g/mol. The van der Waals surface area contributed by atoms with E-state index in [1.54, 1.807) is 31.2 Å². The largest absolute Gasteiger partial charge is 0.491 e. The zero-order valence-corrected chi connectivity index (χ0v) is 14.2. The standard InChI is InChI=1S/C18H22N2O4/c1-12(2)24-15-8-4-13(5-9-15)17(22)23-10-16(21)20-18(3,11-19)14-6-7-14/h4-5,8-9,12,14H,6-7,10H2,1-3H3,(H,20,21)/t18-/m1/s1. The first-order valence-corrected chi connectivity index (χ1v) is 8.00. The summed E-state index contributed by atoms with van der Waals surface area (Å²) in [6.45, 7) is 5.11. The van der Waals surface area contributed by atoms with Gasteiger partial charge in [0.15, 0.2) is 6.61 Å². The molecule has 24 heavy (non-hydrogen) atoms. The van der Waals surface area contributed by atoms with E-state index < -0.39 is 24.0 Å². The van der Waals surface area contributed by atoms with Gasteiger partial charge in [-0.05, 0) is 63.8 Å². The fourth-order valence-corrected chi connectivity index (χ4v) is 2.36. The number of rotatable bonds is 7. The van der Waals surface area contributed by atoms with E-state index in [4.69, 9.17) is 9.47 Å². The number of nitriles is 1. The summed E-state index contributed by atoms with van der Waals surface area (Å²) < 4.78 is 10.5. The highest BCUT2D eigenvalue weighted by atomic mass is 16.5. The number of carbonyl (C=O) groups is 2. The van der Waals surface area contributed by atoms with E-state index in [9.17, 15) is 14.9 Å². The fraction of sp³-hybridized carbons (Fsp3) is 0.500. The molecule has 1 fully saturated rings. The number of nitrogens with zero attached hydrogens (tertiary/aromatic N) is 1. The summed E-state index contributed by atoms with van der Waals surface area (Å²) in [4.78, 5) is 23.9. The Morgan fingerprint density at radius 2 is 1.96 bits per heavy atom. The topological polar surface area (TPSA) is 88.4 Å². The highest BCUT2D eigenvalue weighted by Crippen LogP contribution is 2.39. The number of benzene rings is 1. The molecule has 0 heterocycles. The second-order valence-corrected chi connectivity index (χ2v) is 6.40. The van der Waals surface area contributed by atoms with Gasteiger partial charge in [0.25, 0.3) is 5.91 Å². The Morgan fingerprint density at radius 3 is 2.46 bits per heavy atom. The molecule has 1 saturated carbocycles. The van der Waals surface area contributed by atoms with E-state index in [1.807, 2.05) is 13.8 Å². The molecule has 128 valence electrons. The highest BCUT2D eigenvalue weighted by Gasteiger charge is 2.43. The van der Waals surface area contributed by atoms with Gasteiger partial charge in [0.2, 0.25) is 0 Å². The fourth-order valence-electron chi connectivity index (χ4n) is 2.36. The van der Waals surface area contributed by atoms with E-state index in [0.29, 0.717) is 11.3 Å². The molecule has 1 N–H and O–H groups in total. The van der Waals surface area contributed by atoms with Gasteiger partial charge in [-0.2, -0.15) is 5.26 Å². The van der Waals surface area contributed by atoms with Crippen molar-refractivity contribution in [2.75, 3.05) is 6.61 Å². The van der Waals surface area contributed by atoms with E-state index in [2.05, 4.69) is 11.4 Å². The van der Waals surface area contributed by atoms with Crippen LogP contribution < -0.4 is 10.1 Å². The molecule has 2 rings (SSSR count). The third-order valence-electron chi connectivity index (χ3n) is 3.82. The first kappa shape index (κ1) is 17.8. The zero-order chi connectivity index (χ0) is 17.7. The van der Waals surface area contributed by atoms with Crippen molar-refractivity contribution in [3.8, 4) is 11.8 Å². The lowest BCUT2D eigenvalue weighted by Gasteiger charge is -2.22. The Hall–Kier alpha value is -2.55. The van der Waals surface area contributed by atoms with E-state index in [0.717, 1.165) is 12.8 Å². The summed E-state index contributed by atoms with van der Waals surface area (Å²) in [5, 5.41) is 11.8. The molecule has 0 bridgehead atoms. The van der Waals surface area contributed by atoms with Crippen LogP contribution in [0.15, 0.2) is 24.3 Å². The molecule has 1 aromatic carbocycles. The molecule has 1 atom stereocenters. The van der Waals surface area contributed by atoms with Gasteiger partial charge < -0.3 is 14.8 Å². The molecule has 1 amide bonds. The van der Waals surface area contributed by atoms with Gasteiger partial charge in [-0.15, -0.1) is 0 Å². The van der Waals surface area contributed by atoms with Crippen molar-refractivity contribution in [3.05, 3.63) is 29.8 Å². The van der Waals surface area contributed by atoms with Crippen LogP contribution in [0.4, 0.5) is 0 Å². The van der Waals surface area contributed by atoms with Crippen molar-refractivity contribution in [1.82, 2.24) is 5.32 Å². The maximum absolute atomic E-state index is 12.0. The van der Waals surface area contributed by atoms with Crippen LogP contribution >= 0.6 is 0 Å². The molecule has 6 nitrogen and oxygen atoms in total. The molecular formula is C18H22N2O4. The van der Waals surface area contributed by atoms with Crippen molar-refractivity contribution in [1.29, 1.82) is 5.26 Å². The minimum Gasteiger partial charge on any atom is -0.491 e. The zero-order valence-electron chi connectivity index (χ0n) is 14.2. The van der Waals surface area contributed by atoms with E-state index in [1.165, 1.54) is 0 Å². The maximum Gasteiger partial charge on any atom is 0.338 e. The van der Waals surface area contributed by atoms with Crippen LogP contribution in [0.3, 0.4) is 0 Å². The van der Waals surface area contributed by atoms with Crippen LogP contribution in [0.2, 0.25) is 0 Å². The van der Waals surface area contributed by atoms with E-state index >= 15 is 0 Å². The molecule has 0 spiro atoms. The Bertz CT molecular complexity index is 644. The Kier molecular flexibility index (Phi) is 5.45. The van der Waals surface area contributed by atoms with Gasteiger partial charge in [0.1, 0.15) is 11.3 Å². The third-order valence-corrected chi connectivity index (χ3v) is 3.82. The quantitative estimate of drug-likeness (QED) is 0.776. The van der Waals surface area contributed by atoms with Crippen molar-refractivity contribution >= 4 is 11.9 Å². The number of amides is 1. The van der Waals surface area contributed by atoms with Gasteiger partial charge in [0, 0.05) is 0 Å². The van der Waals surface area contributed by atoms with Crippen LogP contribution in [0, 0.1) is 17.2 Å². The van der Waals surface area contributed by atoms with Crippen LogP contribution in [0.25, 0.3) is 0 Å². The van der Waals surface area contributed by atoms with Gasteiger partial charge in [-0.25, -0.2) is 4.79 Å². The Morgan fingerprint density at radius 1 is 1.33 bits per heavy atom. The molecule has 0 aromatic heterocycles. The predicted octanol–water partition coefficient (Wildman–Crippen LogP) is 2.44. The third kappa shape index (κ3) is 4.72. The number of carbonyl (C=O) groups excluding carboxylic acids is 2. The summed E-state index contributed by atoms with van der Waals surface area (Å²) in [5.74, 6) is -0.227. The molecule has 1 aliphatic carbocycles. The number of esters is 1. The molecule has 0 radical (unpaired) electrons. The van der Waals surface area contributed by atoms with Crippen molar-refractivity contribution in [3.63, 3.8) is 0 Å². The maximum atomic E-state index is 12.0. The van der Waals surface area contributed by atoms with Crippen molar-refractivity contribution in [2.45, 2.75) is 45.3 Å². The van der Waals surface area contributed by atoms with Crippen molar-refractivity contribution < 1.29 is 19.1 Å². The Balaban J connectivity index is 1.84. The van der Waals surface area contributed by atoms with Gasteiger partial charge in [-0.1, -0.05) is 0 Å². The average Bonchev–Trinajstić information content (AvgIpc) is 3.38. The molecule has 1 aromatic rings. The lowest BCUT2D eigenvalue weighted by molar-refractivity contribution is -0.125. The molecule has 6 heteroatoms. The summed E-state index contributed by atoms with van der Waals surface area (Å²) in [6, 6.07) is 8.65. The number of ether oxygens (including phenoxy) is 2. The van der Waals surface area contributed by atoms with Gasteiger partial charge in [-0.3, -0.25) is 4.79 Å². The lowest BCUT2D eigenvalue weighted by Crippen LogP contribution is -2.48. The van der Waals surface area contributed by atoms with E-state index in [-0.39, 0.29) is 12.0 Å². The van der Waals surface area contributed by atoms with Gasteiger partial charge >= 0.3 is 5.97 Å². The predicted molar refractivity (Wildman–Crippen MR) is 87.4 cm³/mol. The van der Waals surface area contributed by atoms with Crippen LogP contribution in [0.5, 0.6) is 5.75 Å². The SMILES string of the molecule is CC(C)Oc1ccc(C(=O)OCC(=O)N[C@](C)(C#N)C2CC2)cc1. The summed E-state index contributed by atoms with van der Waals surface area (Å²) in [6.07, 6.45) is 1.90. The van der Waals surface area contributed by atoms with Crippen LogP contribution in [0.1, 0.15) is 44.0 Å². The lowest BCUT2D eigenvalue weighted by atomic mass is 9.98. The Labute approximate surface area is 141 Å². The van der Waals surface area contributed by atoms with Crippen LogP contribution in [-0.4, -0.2) is 30.1 Å². The first-order valence-electron chi connectivity index (χ1n) is 8.00. The number of hydrogen-bond acceptors (Lipinski definition) is 5. The van der Waals surface area contributed by atoms with Gasteiger partial charge in [0.05, 0.1) is 17.7 Å². The second kappa shape index (κ2) is 7.35. The smallest absolute Gasteiger partial charge is 0.338 e. The summed E-state index contributed by atoms with van der Waals surface area (Å²) >= 11 is 0.